The zero-order chi connectivity index (χ0) is 22.0. The van der Waals surface area contributed by atoms with Gasteiger partial charge in [-0.05, 0) is 49.1 Å². The second-order valence-corrected chi connectivity index (χ2v) is 8.40. The van der Waals surface area contributed by atoms with Crippen molar-refractivity contribution < 1.29 is 19.8 Å². The Balaban J connectivity index is 1.39. The van der Waals surface area contributed by atoms with Crippen LogP contribution < -0.4 is 5.32 Å². The van der Waals surface area contributed by atoms with Crippen molar-refractivity contribution in [1.29, 1.82) is 0 Å². The molecule has 0 spiro atoms. The van der Waals surface area contributed by atoms with Crippen LogP contribution >= 0.6 is 11.3 Å². The molecule has 31 heavy (non-hydrogen) atoms. The van der Waals surface area contributed by atoms with Crippen LogP contribution in [0.2, 0.25) is 0 Å². The smallest absolute Gasteiger partial charge is 0.254 e. The number of thiazole rings is 1. The van der Waals surface area contributed by atoms with Gasteiger partial charge >= 0.3 is 0 Å². The minimum Gasteiger partial charge on any atom is -0.504 e. The van der Waals surface area contributed by atoms with Gasteiger partial charge in [0.05, 0.1) is 16.1 Å². The normalized spacial score (nSPS) is 15.8. The maximum atomic E-state index is 12.8. The Kier molecular flexibility index (Phi) is 5.90. The second-order valence-electron chi connectivity index (χ2n) is 7.54. The molecule has 2 aromatic carbocycles. The summed E-state index contributed by atoms with van der Waals surface area (Å²) >= 11 is 1.60. The fourth-order valence-electron chi connectivity index (χ4n) is 3.76. The minimum absolute atomic E-state index is 0.198. The first kappa shape index (κ1) is 20.9. The Morgan fingerprint density at radius 3 is 2.61 bits per heavy atom. The summed E-state index contributed by atoms with van der Waals surface area (Å²) in [5.74, 6) is -1.18. The summed E-state index contributed by atoms with van der Waals surface area (Å²) in [6.07, 6.45) is 1.32. The lowest BCUT2D eigenvalue weighted by atomic mass is 10.1. The van der Waals surface area contributed by atoms with Crippen LogP contribution in [-0.2, 0) is 11.3 Å². The number of likely N-dealkylation sites (tertiary alicyclic amines) is 1. The molecule has 7 nitrogen and oxygen atoms in total. The lowest BCUT2D eigenvalue weighted by molar-refractivity contribution is -0.125. The third kappa shape index (κ3) is 4.39. The molecule has 2 heterocycles. The van der Waals surface area contributed by atoms with Gasteiger partial charge in [0, 0.05) is 18.7 Å². The fraction of sp³-hybridized carbons (Fsp3) is 0.261. The van der Waals surface area contributed by atoms with Crippen molar-refractivity contribution in [3.05, 3.63) is 64.8 Å². The Labute approximate surface area is 184 Å². The Morgan fingerprint density at radius 1 is 1.16 bits per heavy atom. The number of carbonyl (C=O) groups excluding carboxylic acids is 2. The Hall–Kier alpha value is -3.39. The van der Waals surface area contributed by atoms with Crippen LogP contribution in [0.15, 0.2) is 48.0 Å². The number of aromatic nitrogens is 1. The van der Waals surface area contributed by atoms with Crippen LogP contribution in [0.1, 0.15) is 34.5 Å². The maximum absolute atomic E-state index is 12.8. The highest BCUT2D eigenvalue weighted by Crippen LogP contribution is 2.28. The number of hydrogen-bond donors (Lipinski definition) is 3. The van der Waals surface area contributed by atoms with Crippen LogP contribution in [0.5, 0.6) is 11.5 Å². The molecule has 160 valence electrons. The SMILES string of the molecule is Cc1ncsc1-c1ccc(CNC(=O)C2CCCN2C(=O)c2ccc(O)c(O)c2)cc1. The molecule has 1 saturated heterocycles. The van der Waals surface area contributed by atoms with E-state index in [9.17, 15) is 19.8 Å². The largest absolute Gasteiger partial charge is 0.504 e. The number of carbonyl (C=O) groups is 2. The number of phenolic OH excluding ortho intramolecular Hbond substituents is 2. The Bertz CT molecular complexity index is 1110. The molecule has 1 atom stereocenters. The van der Waals surface area contributed by atoms with Crippen LogP contribution in [0.4, 0.5) is 0 Å². The number of aryl methyl sites for hydroxylation is 1. The van der Waals surface area contributed by atoms with Gasteiger partial charge in [0.15, 0.2) is 11.5 Å². The van der Waals surface area contributed by atoms with E-state index < -0.39 is 6.04 Å². The number of rotatable bonds is 5. The number of phenols is 2. The molecule has 4 rings (SSSR count). The van der Waals surface area contributed by atoms with Crippen molar-refractivity contribution in [3.63, 3.8) is 0 Å². The van der Waals surface area contributed by atoms with E-state index in [1.54, 1.807) is 11.3 Å². The molecule has 1 aromatic heterocycles. The average Bonchev–Trinajstić information content (AvgIpc) is 3.43. The Morgan fingerprint density at radius 2 is 1.94 bits per heavy atom. The van der Waals surface area contributed by atoms with E-state index in [0.717, 1.165) is 28.1 Å². The molecular weight excluding hydrogens is 414 g/mol. The summed E-state index contributed by atoms with van der Waals surface area (Å²) in [4.78, 5) is 32.5. The number of nitrogens with zero attached hydrogens (tertiary/aromatic N) is 2. The summed E-state index contributed by atoms with van der Waals surface area (Å²) in [7, 11) is 0. The van der Waals surface area contributed by atoms with Gasteiger partial charge in [-0.1, -0.05) is 24.3 Å². The first-order valence-electron chi connectivity index (χ1n) is 10.0. The van der Waals surface area contributed by atoms with E-state index in [4.69, 9.17) is 0 Å². The van der Waals surface area contributed by atoms with E-state index in [1.807, 2.05) is 36.7 Å². The highest BCUT2D eigenvalue weighted by atomic mass is 32.1. The van der Waals surface area contributed by atoms with Crippen LogP contribution in [0, 0.1) is 6.92 Å². The highest BCUT2D eigenvalue weighted by Gasteiger charge is 2.34. The van der Waals surface area contributed by atoms with Gasteiger partial charge in [-0.3, -0.25) is 9.59 Å². The number of amides is 2. The van der Waals surface area contributed by atoms with E-state index >= 15 is 0 Å². The van der Waals surface area contributed by atoms with Crippen molar-refractivity contribution >= 4 is 23.2 Å². The van der Waals surface area contributed by atoms with Gasteiger partial charge in [0.25, 0.3) is 5.91 Å². The van der Waals surface area contributed by atoms with Crippen LogP contribution in [-0.4, -0.2) is 44.5 Å². The van der Waals surface area contributed by atoms with Gasteiger partial charge in [-0.2, -0.15) is 0 Å². The predicted molar refractivity (Wildman–Crippen MR) is 118 cm³/mol. The molecule has 1 aliphatic heterocycles. The van der Waals surface area contributed by atoms with E-state index in [2.05, 4.69) is 10.3 Å². The molecule has 0 radical (unpaired) electrons. The second kappa shape index (κ2) is 8.77. The third-order valence-corrected chi connectivity index (χ3v) is 6.44. The molecule has 3 N–H and O–H groups in total. The van der Waals surface area contributed by atoms with Gasteiger partial charge in [0.2, 0.25) is 5.91 Å². The van der Waals surface area contributed by atoms with Gasteiger partial charge in [-0.25, -0.2) is 4.98 Å². The molecule has 1 aliphatic rings. The molecule has 2 amide bonds. The lowest BCUT2D eigenvalue weighted by Crippen LogP contribution is -2.45. The summed E-state index contributed by atoms with van der Waals surface area (Å²) in [5.41, 5.74) is 5.13. The van der Waals surface area contributed by atoms with Crippen molar-refractivity contribution in [1.82, 2.24) is 15.2 Å². The highest BCUT2D eigenvalue weighted by molar-refractivity contribution is 7.13. The number of nitrogens with one attached hydrogen (secondary N) is 1. The molecule has 0 aliphatic carbocycles. The first-order valence-corrected chi connectivity index (χ1v) is 10.9. The zero-order valence-electron chi connectivity index (χ0n) is 17.0. The molecule has 8 heteroatoms. The third-order valence-electron chi connectivity index (χ3n) is 5.47. The van der Waals surface area contributed by atoms with Gasteiger partial charge in [-0.15, -0.1) is 11.3 Å². The van der Waals surface area contributed by atoms with Gasteiger partial charge in [0.1, 0.15) is 6.04 Å². The quantitative estimate of drug-likeness (QED) is 0.531. The standard InChI is InChI=1S/C23H23N3O4S/c1-14-21(31-13-25-14)16-6-4-15(5-7-16)12-24-22(29)18-3-2-10-26(18)23(30)17-8-9-19(27)20(28)11-17/h4-9,11,13,18,27-28H,2-3,10,12H2,1H3,(H,24,29). The molecule has 0 bridgehead atoms. The number of benzene rings is 2. The predicted octanol–water partition coefficient (Wildman–Crippen LogP) is 3.45. The molecule has 1 unspecified atom stereocenters. The lowest BCUT2D eigenvalue weighted by Gasteiger charge is -2.24. The number of aromatic hydroxyl groups is 2. The van der Waals surface area contributed by atoms with E-state index in [1.165, 1.54) is 23.1 Å². The van der Waals surface area contributed by atoms with E-state index in [0.29, 0.717) is 19.5 Å². The summed E-state index contributed by atoms with van der Waals surface area (Å²) in [5, 5.41) is 22.1. The molecule has 3 aromatic rings. The van der Waals surface area contributed by atoms with Crippen molar-refractivity contribution in [2.45, 2.75) is 32.4 Å². The van der Waals surface area contributed by atoms with Crippen LogP contribution in [0.25, 0.3) is 10.4 Å². The van der Waals surface area contributed by atoms with Crippen molar-refractivity contribution in [3.8, 4) is 21.9 Å². The summed E-state index contributed by atoms with van der Waals surface area (Å²) < 4.78 is 0. The molecule has 1 fully saturated rings. The molecule has 0 saturated carbocycles. The van der Waals surface area contributed by atoms with Crippen molar-refractivity contribution in [2.24, 2.45) is 0 Å². The van der Waals surface area contributed by atoms with Crippen LogP contribution in [0.3, 0.4) is 0 Å². The number of hydrogen-bond acceptors (Lipinski definition) is 6. The van der Waals surface area contributed by atoms with Crippen molar-refractivity contribution in [2.75, 3.05) is 6.54 Å². The topological polar surface area (TPSA) is 103 Å². The average molecular weight is 438 g/mol. The first-order chi connectivity index (χ1) is 14.9. The summed E-state index contributed by atoms with van der Waals surface area (Å²) in [6, 6.07) is 11.4. The fourth-order valence-corrected chi connectivity index (χ4v) is 4.58. The zero-order valence-corrected chi connectivity index (χ0v) is 17.9. The molecular formula is C23H23N3O4S. The maximum Gasteiger partial charge on any atom is 0.254 e. The summed E-state index contributed by atoms with van der Waals surface area (Å²) in [6.45, 7) is 2.83. The monoisotopic (exact) mass is 437 g/mol. The minimum atomic E-state index is -0.553. The van der Waals surface area contributed by atoms with Gasteiger partial charge < -0.3 is 20.4 Å². The van der Waals surface area contributed by atoms with E-state index in [-0.39, 0.29) is 28.9 Å².